The number of aliphatic hydroxyl groups excluding tert-OH is 1. The van der Waals surface area contributed by atoms with Gasteiger partial charge in [-0.05, 0) is 18.9 Å². The van der Waals surface area contributed by atoms with Gasteiger partial charge in [0.15, 0.2) is 0 Å². The van der Waals surface area contributed by atoms with Crippen molar-refractivity contribution in [2.75, 3.05) is 0 Å². The molecule has 1 nitrogen and oxygen atoms in total. The molecule has 58 valence electrons. The summed E-state index contributed by atoms with van der Waals surface area (Å²) in [5.41, 5.74) is 0. The van der Waals surface area contributed by atoms with Gasteiger partial charge in [-0.1, -0.05) is 31.9 Å². The minimum Gasteiger partial charge on any atom is -0.516 e. The van der Waals surface area contributed by atoms with Gasteiger partial charge in [0.1, 0.15) is 0 Å². The van der Waals surface area contributed by atoms with Gasteiger partial charge in [-0.15, -0.1) is 0 Å². The SMILES string of the molecule is [2H]C(C=CCC([2H])CCC)=CO. The third-order valence-electron chi connectivity index (χ3n) is 1.08. The summed E-state index contributed by atoms with van der Waals surface area (Å²) in [4.78, 5) is 0. The molecule has 0 saturated carbocycles. The van der Waals surface area contributed by atoms with Crippen LogP contribution >= 0.6 is 0 Å². The maximum atomic E-state index is 8.36. The van der Waals surface area contributed by atoms with Crippen LogP contribution in [-0.2, 0) is 0 Å². The maximum Gasteiger partial charge on any atom is 0.0791 e. The molecule has 0 bridgehead atoms. The lowest BCUT2D eigenvalue weighted by molar-refractivity contribution is 0.473. The minimum absolute atomic E-state index is 0.0715. The molecule has 1 atom stereocenters. The third kappa shape index (κ3) is 7.28. The fraction of sp³-hybridized carbons (Fsp3) is 0.556. The van der Waals surface area contributed by atoms with E-state index in [0.29, 0.717) is 6.42 Å². The Balaban J connectivity index is 3.59. The fourth-order valence-electron chi connectivity index (χ4n) is 0.597. The highest BCUT2D eigenvalue weighted by atomic mass is 16.2. The standard InChI is InChI=1S/C9H16O/c1-2-3-4-5-6-7-8-9-10/h6-10H,2-5H2,1H3/i4D,8D. The van der Waals surface area contributed by atoms with Gasteiger partial charge in [0.05, 0.1) is 7.63 Å². The highest BCUT2D eigenvalue weighted by molar-refractivity contribution is 4.98. The van der Waals surface area contributed by atoms with Crippen molar-refractivity contribution < 1.29 is 7.85 Å². The molecule has 0 spiro atoms. The van der Waals surface area contributed by atoms with Gasteiger partial charge in [0.25, 0.3) is 0 Å². The molecule has 0 radical (unpaired) electrons. The summed E-state index contributed by atoms with van der Waals surface area (Å²) in [6.07, 6.45) is 6.50. The van der Waals surface area contributed by atoms with Gasteiger partial charge in [-0.3, -0.25) is 0 Å². The molecule has 0 aliphatic rings. The highest BCUT2D eigenvalue weighted by Gasteiger charge is 1.79. The first kappa shape index (κ1) is 6.02. The Morgan fingerprint density at radius 2 is 2.50 bits per heavy atom. The summed E-state index contributed by atoms with van der Waals surface area (Å²) in [7, 11) is 0. The number of allylic oxidation sites excluding steroid dienone is 3. The number of hydrogen-bond acceptors (Lipinski definition) is 1. The topological polar surface area (TPSA) is 20.2 Å². The Morgan fingerprint density at radius 3 is 3.10 bits per heavy atom. The van der Waals surface area contributed by atoms with Crippen LogP contribution in [0.5, 0.6) is 0 Å². The molecule has 0 saturated heterocycles. The maximum absolute atomic E-state index is 8.36. The first-order chi connectivity index (χ1) is 5.70. The molecular formula is C9H16O. The average Bonchev–Trinajstić information content (AvgIpc) is 2.04. The van der Waals surface area contributed by atoms with E-state index >= 15 is 0 Å². The van der Waals surface area contributed by atoms with Crippen LogP contribution in [0.3, 0.4) is 0 Å². The molecule has 0 amide bonds. The van der Waals surface area contributed by atoms with Crippen molar-refractivity contribution in [2.24, 2.45) is 0 Å². The zero-order valence-corrected chi connectivity index (χ0v) is 6.38. The van der Waals surface area contributed by atoms with Crippen molar-refractivity contribution in [1.82, 2.24) is 0 Å². The molecule has 0 fully saturated rings. The molecule has 0 aromatic carbocycles. The average molecular weight is 142 g/mol. The lowest BCUT2D eigenvalue weighted by Crippen LogP contribution is -1.69. The summed E-state index contributed by atoms with van der Waals surface area (Å²) in [5.74, 6) is 0. The van der Waals surface area contributed by atoms with Crippen LogP contribution in [0, 0.1) is 0 Å². The van der Waals surface area contributed by atoms with E-state index in [-0.39, 0.29) is 12.4 Å². The first-order valence-electron chi connectivity index (χ1n) is 4.68. The minimum atomic E-state index is -0.0715. The molecule has 0 aliphatic heterocycles. The smallest absolute Gasteiger partial charge is 0.0791 e. The van der Waals surface area contributed by atoms with Crippen LogP contribution in [0.15, 0.2) is 24.5 Å². The van der Waals surface area contributed by atoms with Crippen LogP contribution in [0.4, 0.5) is 0 Å². The molecule has 0 aromatic rings. The molecule has 1 N–H and O–H groups in total. The van der Waals surface area contributed by atoms with Crippen molar-refractivity contribution in [2.45, 2.75) is 32.6 Å². The second-order valence-corrected chi connectivity index (χ2v) is 2.01. The van der Waals surface area contributed by atoms with Crippen molar-refractivity contribution in [3.8, 4) is 0 Å². The monoisotopic (exact) mass is 142 g/mol. The largest absolute Gasteiger partial charge is 0.516 e. The van der Waals surface area contributed by atoms with Crippen molar-refractivity contribution in [3.63, 3.8) is 0 Å². The highest BCUT2D eigenvalue weighted by Crippen LogP contribution is 1.99. The summed E-state index contributed by atoms with van der Waals surface area (Å²) >= 11 is 0. The van der Waals surface area contributed by atoms with Crippen LogP contribution in [0.25, 0.3) is 0 Å². The van der Waals surface area contributed by atoms with E-state index in [1.165, 1.54) is 6.08 Å². The Morgan fingerprint density at radius 1 is 1.70 bits per heavy atom. The predicted octanol–water partition coefficient (Wildman–Crippen LogP) is 3.19. The van der Waals surface area contributed by atoms with Crippen molar-refractivity contribution >= 4 is 0 Å². The fourth-order valence-corrected chi connectivity index (χ4v) is 0.597. The zero-order valence-electron chi connectivity index (χ0n) is 8.38. The van der Waals surface area contributed by atoms with Gasteiger partial charge in [-0.2, -0.15) is 0 Å². The summed E-state index contributed by atoms with van der Waals surface area (Å²) in [6, 6.07) is 0.0821. The van der Waals surface area contributed by atoms with E-state index < -0.39 is 0 Å². The van der Waals surface area contributed by atoms with Crippen LogP contribution in [0.1, 0.15) is 35.3 Å². The summed E-state index contributed by atoms with van der Waals surface area (Å²) in [6.45, 7) is 2.05. The third-order valence-corrected chi connectivity index (χ3v) is 1.08. The summed E-state index contributed by atoms with van der Waals surface area (Å²) < 4.78 is 14.5. The van der Waals surface area contributed by atoms with Gasteiger partial charge >= 0.3 is 0 Å². The lowest BCUT2D eigenvalue weighted by Gasteiger charge is -1.89. The van der Waals surface area contributed by atoms with Gasteiger partial charge in [0.2, 0.25) is 0 Å². The molecule has 0 heterocycles. The second-order valence-electron chi connectivity index (χ2n) is 2.01. The number of aliphatic hydroxyl groups is 1. The molecule has 10 heavy (non-hydrogen) atoms. The quantitative estimate of drug-likeness (QED) is 0.461. The second kappa shape index (κ2) is 8.28. The van der Waals surface area contributed by atoms with E-state index in [1.54, 1.807) is 6.08 Å². The zero-order chi connectivity index (χ0) is 9.40. The molecule has 1 unspecified atom stereocenters. The molecular weight excluding hydrogens is 124 g/mol. The van der Waals surface area contributed by atoms with Gasteiger partial charge in [-0.25, -0.2) is 0 Å². The Hall–Kier alpha value is -0.720. The Kier molecular flexibility index (Phi) is 4.98. The van der Waals surface area contributed by atoms with E-state index in [9.17, 15) is 0 Å². The van der Waals surface area contributed by atoms with Crippen LogP contribution < -0.4 is 0 Å². The normalized spacial score (nSPS) is 18.7. The first-order valence-corrected chi connectivity index (χ1v) is 3.60. The molecule has 0 aliphatic carbocycles. The van der Waals surface area contributed by atoms with Crippen LogP contribution in [-0.4, -0.2) is 5.11 Å². The van der Waals surface area contributed by atoms with E-state index in [1.807, 2.05) is 0 Å². The van der Waals surface area contributed by atoms with Crippen LogP contribution in [0.2, 0.25) is 0 Å². The Bertz CT molecular complexity index is 164. The Labute approximate surface area is 65.9 Å². The number of rotatable bonds is 5. The lowest BCUT2D eigenvalue weighted by atomic mass is 10.2. The van der Waals surface area contributed by atoms with E-state index in [0.717, 1.165) is 19.1 Å². The molecule has 1 heteroatoms. The molecule has 0 rings (SSSR count). The summed E-state index contributed by atoms with van der Waals surface area (Å²) in [5, 5.41) is 8.36. The molecule has 0 aromatic heterocycles. The van der Waals surface area contributed by atoms with Gasteiger partial charge in [0, 0.05) is 1.37 Å². The predicted molar refractivity (Wildman–Crippen MR) is 45.1 cm³/mol. The van der Waals surface area contributed by atoms with Gasteiger partial charge < -0.3 is 5.11 Å². The van der Waals surface area contributed by atoms with Crippen molar-refractivity contribution in [3.05, 3.63) is 24.5 Å². The van der Waals surface area contributed by atoms with E-state index in [4.69, 9.17) is 7.85 Å². The number of hydrogen-bond donors (Lipinski definition) is 1. The van der Waals surface area contributed by atoms with E-state index in [2.05, 4.69) is 6.92 Å². The van der Waals surface area contributed by atoms with Crippen molar-refractivity contribution in [1.29, 1.82) is 0 Å².